The number of nitrogens with zero attached hydrogens (tertiary/aromatic N) is 4. The van der Waals surface area contributed by atoms with Gasteiger partial charge in [0, 0.05) is 12.1 Å². The summed E-state index contributed by atoms with van der Waals surface area (Å²) in [7, 11) is -9.04. The molecular weight excluding hydrogens is 620 g/mol. The van der Waals surface area contributed by atoms with Crippen molar-refractivity contribution in [3.63, 3.8) is 0 Å². The molecule has 0 spiro atoms. The van der Waals surface area contributed by atoms with Gasteiger partial charge in [0.05, 0.1) is 22.2 Å². The van der Waals surface area contributed by atoms with E-state index in [-0.39, 0.29) is 39.7 Å². The normalized spacial score (nSPS) is 13.8. The van der Waals surface area contributed by atoms with Gasteiger partial charge in [-0.25, -0.2) is 0 Å². The van der Waals surface area contributed by atoms with Crippen molar-refractivity contribution in [2.45, 2.75) is 9.79 Å². The molecule has 7 N–H and O–H groups in total. The van der Waals surface area contributed by atoms with Crippen LogP contribution in [0.1, 0.15) is 11.1 Å². The fourth-order valence-electron chi connectivity index (χ4n) is 3.54. The third-order valence-electron chi connectivity index (χ3n) is 5.69. The van der Waals surface area contributed by atoms with Gasteiger partial charge in [-0.15, -0.1) is 0 Å². The minimum atomic E-state index is -4.52. The molecule has 1 aliphatic carbocycles. The predicted molar refractivity (Wildman–Crippen MR) is 153 cm³/mol. The first-order chi connectivity index (χ1) is 20.8. The van der Waals surface area contributed by atoms with Gasteiger partial charge in [-0.05, 0) is 53.6 Å². The van der Waals surface area contributed by atoms with Crippen LogP contribution in [-0.2, 0) is 33.6 Å². The molecule has 0 aromatic heterocycles. The Kier molecular flexibility index (Phi) is 9.26. The molecule has 1 aliphatic rings. The summed E-state index contributed by atoms with van der Waals surface area (Å²) in [4.78, 5) is 14.3. The average molecular weight is 642 g/mol. The second-order valence-electron chi connectivity index (χ2n) is 8.60. The number of allylic oxidation sites excluding steroid dienone is 3. The Balaban J connectivity index is 1.73. The number of carbonyl (C=O) groups is 1. The third-order valence-corrected chi connectivity index (χ3v) is 7.98. The highest BCUT2D eigenvalue weighted by Crippen LogP contribution is 2.32. The van der Waals surface area contributed by atoms with Crippen molar-refractivity contribution in [2.75, 3.05) is 0 Å². The molecule has 16 nitrogen and oxygen atoms in total. The van der Waals surface area contributed by atoms with Gasteiger partial charge < -0.3 is 15.3 Å². The zero-order valence-corrected chi connectivity index (χ0v) is 23.7. The van der Waals surface area contributed by atoms with Gasteiger partial charge in [-0.3, -0.25) is 4.79 Å². The van der Waals surface area contributed by atoms with Gasteiger partial charge in [0.15, 0.2) is 22.9 Å². The maximum atomic E-state index is 12.6. The maximum Gasteiger partial charge on any atom is 0.369 e. The van der Waals surface area contributed by atoms with Crippen molar-refractivity contribution in [3.8, 4) is 11.5 Å². The lowest BCUT2D eigenvalue weighted by Gasteiger charge is -2.08. The number of ketones is 1. The van der Waals surface area contributed by atoms with E-state index in [9.17, 15) is 36.9 Å². The molecule has 0 saturated carbocycles. The number of rotatable bonds is 9. The first kappa shape index (κ1) is 31.6. The number of benzene rings is 3. The van der Waals surface area contributed by atoms with E-state index in [2.05, 4.69) is 28.7 Å². The maximum absolute atomic E-state index is 12.6. The average Bonchev–Trinajstić information content (AvgIpc) is 3.01. The standard InChI is InChI=1S/C26H20N6O10S2/c27-41-43(37,38)25-13-19(31-29-17-7-9-21(33)23(35)11-17)5-3-15(25)1-2-16-4-6-20(14-26(16)44(39,40)42-28)32-30-18-8-10-22(34)24(36)12-18/h1-14H,27-28H2,(H2,29,30,31,32,33,34,35,36)/p+1. The summed E-state index contributed by atoms with van der Waals surface area (Å²) in [5, 5.41) is 40.3. The van der Waals surface area contributed by atoms with Crippen LogP contribution in [0.4, 0.5) is 17.1 Å². The second-order valence-corrected chi connectivity index (χ2v) is 11.7. The lowest BCUT2D eigenvalue weighted by Crippen LogP contribution is -2.12. The molecule has 0 atom stereocenters. The number of phenolic OH excluding ortho intramolecular Hbond substituents is 2. The van der Waals surface area contributed by atoms with Crippen molar-refractivity contribution in [2.24, 2.45) is 27.1 Å². The summed E-state index contributed by atoms with van der Waals surface area (Å²) < 4.78 is 58.7. The number of aliphatic hydroxyl groups excluding tert-OH is 1. The molecule has 0 bridgehead atoms. The quantitative estimate of drug-likeness (QED) is 0.0563. The Morgan fingerprint density at radius 2 is 1.23 bits per heavy atom. The van der Waals surface area contributed by atoms with Crippen molar-refractivity contribution in [1.29, 1.82) is 0 Å². The first-order valence-corrected chi connectivity index (χ1v) is 14.7. The number of nitrogens with two attached hydrogens (primary N) is 2. The molecule has 0 radical (unpaired) electrons. The van der Waals surface area contributed by atoms with Crippen LogP contribution in [0.2, 0.25) is 0 Å². The molecule has 3 aromatic rings. The van der Waals surface area contributed by atoms with Gasteiger partial charge in [-0.2, -0.15) is 47.4 Å². The fourth-order valence-corrected chi connectivity index (χ4v) is 5.12. The molecule has 4 rings (SSSR count). The number of hydrogen-bond donors (Lipinski definition) is 5. The Morgan fingerprint density at radius 1 is 0.705 bits per heavy atom. The molecule has 0 fully saturated rings. The lowest BCUT2D eigenvalue weighted by molar-refractivity contribution is -0.113. The fraction of sp³-hybridized carbons (Fsp3) is 0. The molecule has 3 aromatic carbocycles. The number of azo groups is 1. The summed E-state index contributed by atoms with van der Waals surface area (Å²) in [6.07, 6.45) is 5.96. The van der Waals surface area contributed by atoms with Crippen LogP contribution in [-0.4, -0.2) is 48.4 Å². The van der Waals surface area contributed by atoms with Crippen LogP contribution in [0.25, 0.3) is 12.2 Å². The van der Waals surface area contributed by atoms with E-state index in [0.29, 0.717) is 0 Å². The number of phenols is 2. The highest BCUT2D eigenvalue weighted by atomic mass is 32.2. The van der Waals surface area contributed by atoms with E-state index in [0.717, 1.165) is 30.4 Å². The van der Waals surface area contributed by atoms with E-state index in [1.807, 2.05) is 0 Å². The van der Waals surface area contributed by atoms with Gasteiger partial charge in [0.2, 0.25) is 5.78 Å². The first-order valence-electron chi connectivity index (χ1n) is 11.9. The zero-order valence-electron chi connectivity index (χ0n) is 22.0. The Bertz CT molecular complexity index is 2060. The van der Waals surface area contributed by atoms with Crippen LogP contribution < -0.4 is 11.8 Å². The molecule has 0 unspecified atom stereocenters. The minimum Gasteiger partial charge on any atom is -0.504 e. The Hall–Kier alpha value is -5.33. The summed E-state index contributed by atoms with van der Waals surface area (Å²) in [5.41, 5.74) is 0.361. The summed E-state index contributed by atoms with van der Waals surface area (Å²) >= 11 is 0. The topological polar surface area (TPSA) is 268 Å². The van der Waals surface area contributed by atoms with Crippen molar-refractivity contribution < 1.29 is 50.3 Å². The lowest BCUT2D eigenvalue weighted by atomic mass is 10.1. The molecule has 226 valence electrons. The SMILES string of the molecule is NOS(=O)(=O)c1cc(N=Nc2ccc(O)c(O)c2)ccc1/C=C/c1ccc(N=[N+]=C2C=CC(=O)C(O)=C2)cc1S(=O)(=O)ON. The summed E-state index contributed by atoms with van der Waals surface area (Å²) in [6.45, 7) is 0. The highest BCUT2D eigenvalue weighted by Gasteiger charge is 2.22. The highest BCUT2D eigenvalue weighted by molar-refractivity contribution is 7.87. The zero-order chi connectivity index (χ0) is 32.1. The number of carbonyl (C=O) groups excluding carboxylic acids is 1. The van der Waals surface area contributed by atoms with E-state index in [1.54, 1.807) is 0 Å². The molecule has 44 heavy (non-hydrogen) atoms. The minimum absolute atomic E-state index is 0.00988. The summed E-state index contributed by atoms with van der Waals surface area (Å²) in [6, 6.07) is 11.3. The van der Waals surface area contributed by atoms with Crippen LogP contribution in [0.5, 0.6) is 11.5 Å². The van der Waals surface area contributed by atoms with E-state index < -0.39 is 47.3 Å². The number of aliphatic hydroxyl groups is 1. The number of aromatic hydroxyl groups is 2. The Morgan fingerprint density at radius 3 is 1.77 bits per heavy atom. The monoisotopic (exact) mass is 641 g/mol. The van der Waals surface area contributed by atoms with E-state index in [1.165, 1.54) is 54.6 Å². The van der Waals surface area contributed by atoms with Crippen molar-refractivity contribution >= 4 is 60.9 Å². The van der Waals surface area contributed by atoms with Gasteiger partial charge >= 0.3 is 25.9 Å². The molecule has 0 heterocycles. The van der Waals surface area contributed by atoms with E-state index >= 15 is 0 Å². The molecular formula is C26H21N6O10S2+. The second kappa shape index (κ2) is 12.9. The van der Waals surface area contributed by atoms with Gasteiger partial charge in [0.25, 0.3) is 0 Å². The van der Waals surface area contributed by atoms with Crippen molar-refractivity contribution in [3.05, 3.63) is 89.7 Å². The van der Waals surface area contributed by atoms with Crippen LogP contribution in [0.15, 0.2) is 104 Å². The molecule has 0 saturated heterocycles. The Labute approximate surface area is 249 Å². The van der Waals surface area contributed by atoms with Crippen LogP contribution >= 0.6 is 0 Å². The van der Waals surface area contributed by atoms with Gasteiger partial charge in [-0.1, -0.05) is 24.3 Å². The molecule has 18 heteroatoms. The van der Waals surface area contributed by atoms with Crippen LogP contribution in [0, 0.1) is 0 Å². The third kappa shape index (κ3) is 7.35. The number of hydrogen-bond acceptors (Lipinski definition) is 15. The largest absolute Gasteiger partial charge is 0.504 e. The smallest absolute Gasteiger partial charge is 0.369 e. The predicted octanol–water partition coefficient (Wildman–Crippen LogP) is 3.16. The van der Waals surface area contributed by atoms with E-state index in [4.69, 9.17) is 11.8 Å². The molecule has 0 amide bonds. The van der Waals surface area contributed by atoms with Crippen LogP contribution in [0.3, 0.4) is 0 Å². The molecule has 0 aliphatic heterocycles. The van der Waals surface area contributed by atoms with Gasteiger partial charge in [0.1, 0.15) is 14.9 Å². The summed E-state index contributed by atoms with van der Waals surface area (Å²) in [5.74, 6) is 8.01. The van der Waals surface area contributed by atoms with Crippen molar-refractivity contribution in [1.82, 2.24) is 0 Å².